The average molecular weight is 286 g/mol. The number of anilines is 1. The zero-order valence-corrected chi connectivity index (χ0v) is 11.0. The number of imidazole rings is 1. The van der Waals surface area contributed by atoms with E-state index in [1.54, 1.807) is 11.3 Å². The van der Waals surface area contributed by atoms with E-state index in [4.69, 9.17) is 0 Å². The van der Waals surface area contributed by atoms with Crippen LogP contribution in [0.25, 0.3) is 0 Å². The van der Waals surface area contributed by atoms with Crippen molar-refractivity contribution in [1.82, 2.24) is 9.55 Å². The van der Waals surface area contributed by atoms with Gasteiger partial charge < -0.3 is 9.88 Å². The summed E-state index contributed by atoms with van der Waals surface area (Å²) >= 11 is 5.22. The molecule has 2 aromatic rings. The fourth-order valence-electron chi connectivity index (χ4n) is 1.47. The van der Waals surface area contributed by atoms with Gasteiger partial charge in [0, 0.05) is 18.1 Å². The second kappa shape index (κ2) is 4.37. The SMILES string of the molecule is CNc1nc(C)cn1Cc1ccc(Br)s1. The highest BCUT2D eigenvalue weighted by molar-refractivity contribution is 9.11. The van der Waals surface area contributed by atoms with E-state index >= 15 is 0 Å². The molecule has 0 spiro atoms. The van der Waals surface area contributed by atoms with E-state index in [9.17, 15) is 0 Å². The number of nitrogens with one attached hydrogen (secondary N) is 1. The Morgan fingerprint density at radius 1 is 1.53 bits per heavy atom. The summed E-state index contributed by atoms with van der Waals surface area (Å²) in [4.78, 5) is 5.69. The van der Waals surface area contributed by atoms with Crippen molar-refractivity contribution in [3.8, 4) is 0 Å². The van der Waals surface area contributed by atoms with E-state index in [2.05, 4.69) is 49.1 Å². The molecule has 0 amide bonds. The minimum atomic E-state index is 0.868. The monoisotopic (exact) mass is 285 g/mol. The van der Waals surface area contributed by atoms with Gasteiger partial charge in [0.2, 0.25) is 5.95 Å². The molecular weight excluding hydrogens is 274 g/mol. The predicted molar refractivity (Wildman–Crippen MR) is 67.6 cm³/mol. The zero-order chi connectivity index (χ0) is 10.8. The minimum Gasteiger partial charge on any atom is -0.359 e. The molecule has 0 saturated carbocycles. The highest BCUT2D eigenvalue weighted by Gasteiger charge is 2.05. The van der Waals surface area contributed by atoms with E-state index in [1.165, 1.54) is 8.66 Å². The van der Waals surface area contributed by atoms with Gasteiger partial charge in [-0.1, -0.05) is 0 Å². The number of nitrogens with zero attached hydrogens (tertiary/aromatic N) is 2. The predicted octanol–water partition coefficient (Wildman–Crippen LogP) is 3.11. The van der Waals surface area contributed by atoms with Crippen LogP contribution in [0.5, 0.6) is 0 Å². The Morgan fingerprint density at radius 3 is 2.93 bits per heavy atom. The zero-order valence-electron chi connectivity index (χ0n) is 8.62. The first kappa shape index (κ1) is 10.7. The molecule has 0 aliphatic heterocycles. The number of aromatic nitrogens is 2. The van der Waals surface area contributed by atoms with Crippen LogP contribution in [0.4, 0.5) is 5.95 Å². The number of thiophene rings is 1. The normalized spacial score (nSPS) is 10.6. The van der Waals surface area contributed by atoms with Crippen molar-refractivity contribution in [2.75, 3.05) is 12.4 Å². The van der Waals surface area contributed by atoms with Crippen molar-refractivity contribution in [3.63, 3.8) is 0 Å². The molecule has 0 radical (unpaired) electrons. The summed E-state index contributed by atoms with van der Waals surface area (Å²) in [6.45, 7) is 2.87. The summed E-state index contributed by atoms with van der Waals surface area (Å²) in [5.74, 6) is 0.914. The van der Waals surface area contributed by atoms with E-state index in [1.807, 2.05) is 14.0 Å². The van der Waals surface area contributed by atoms with Crippen molar-refractivity contribution < 1.29 is 0 Å². The molecule has 0 bridgehead atoms. The van der Waals surface area contributed by atoms with Gasteiger partial charge in [0.25, 0.3) is 0 Å². The molecule has 15 heavy (non-hydrogen) atoms. The molecule has 80 valence electrons. The maximum Gasteiger partial charge on any atom is 0.203 e. The van der Waals surface area contributed by atoms with E-state index < -0.39 is 0 Å². The van der Waals surface area contributed by atoms with Crippen LogP contribution in [0.15, 0.2) is 22.1 Å². The quantitative estimate of drug-likeness (QED) is 0.939. The Morgan fingerprint density at radius 2 is 2.33 bits per heavy atom. The molecule has 0 atom stereocenters. The number of hydrogen-bond acceptors (Lipinski definition) is 3. The van der Waals surface area contributed by atoms with Crippen LogP contribution in [0, 0.1) is 6.92 Å². The van der Waals surface area contributed by atoms with Gasteiger partial charge in [-0.05, 0) is 35.0 Å². The summed E-state index contributed by atoms with van der Waals surface area (Å²) in [5, 5.41) is 3.09. The molecule has 2 rings (SSSR count). The standard InChI is InChI=1S/C10H12BrN3S/c1-7-5-14(10(12-2)13-7)6-8-3-4-9(11)15-8/h3-5H,6H2,1-2H3,(H,12,13). The second-order valence-electron chi connectivity index (χ2n) is 3.29. The van der Waals surface area contributed by atoms with Gasteiger partial charge in [-0.25, -0.2) is 4.98 Å². The Hall–Kier alpha value is -0.810. The highest BCUT2D eigenvalue weighted by atomic mass is 79.9. The van der Waals surface area contributed by atoms with Crippen molar-refractivity contribution in [2.45, 2.75) is 13.5 Å². The van der Waals surface area contributed by atoms with Crippen molar-refractivity contribution in [1.29, 1.82) is 0 Å². The Kier molecular flexibility index (Phi) is 3.11. The lowest BCUT2D eigenvalue weighted by atomic mass is 10.4. The first-order valence-corrected chi connectivity index (χ1v) is 6.25. The van der Waals surface area contributed by atoms with Gasteiger partial charge >= 0.3 is 0 Å². The van der Waals surface area contributed by atoms with Crippen LogP contribution in [-0.4, -0.2) is 16.6 Å². The molecule has 0 aliphatic rings. The fourth-order valence-corrected chi connectivity index (χ4v) is 2.95. The second-order valence-corrected chi connectivity index (χ2v) is 5.84. The molecular formula is C10H12BrN3S. The third-order valence-corrected chi connectivity index (χ3v) is 3.68. The first-order valence-electron chi connectivity index (χ1n) is 4.65. The van der Waals surface area contributed by atoms with Crippen LogP contribution in [0.2, 0.25) is 0 Å². The molecule has 0 aliphatic carbocycles. The Balaban J connectivity index is 2.23. The molecule has 0 fully saturated rings. The summed E-state index contributed by atoms with van der Waals surface area (Å²) in [7, 11) is 1.89. The average Bonchev–Trinajstić information content (AvgIpc) is 2.73. The Labute approximate surface area is 101 Å². The molecule has 0 aromatic carbocycles. The lowest BCUT2D eigenvalue weighted by molar-refractivity contribution is 0.817. The largest absolute Gasteiger partial charge is 0.359 e. The first-order chi connectivity index (χ1) is 7.19. The maximum absolute atomic E-state index is 4.38. The molecule has 0 unspecified atom stereocenters. The van der Waals surface area contributed by atoms with E-state index in [0.29, 0.717) is 0 Å². The maximum atomic E-state index is 4.38. The van der Waals surface area contributed by atoms with Crippen molar-refractivity contribution in [3.05, 3.63) is 32.7 Å². The van der Waals surface area contributed by atoms with Crippen molar-refractivity contribution in [2.24, 2.45) is 0 Å². The lowest BCUT2D eigenvalue weighted by Gasteiger charge is -2.04. The smallest absolute Gasteiger partial charge is 0.203 e. The lowest BCUT2D eigenvalue weighted by Crippen LogP contribution is -2.02. The van der Waals surface area contributed by atoms with E-state index in [-0.39, 0.29) is 0 Å². The molecule has 0 saturated heterocycles. The summed E-state index contributed by atoms with van der Waals surface area (Å²) < 4.78 is 3.29. The molecule has 5 heteroatoms. The molecule has 2 heterocycles. The third kappa shape index (κ3) is 2.41. The fraction of sp³-hybridized carbons (Fsp3) is 0.300. The Bertz CT molecular complexity index is 461. The van der Waals surface area contributed by atoms with Gasteiger partial charge in [0.05, 0.1) is 16.0 Å². The molecule has 2 aromatic heterocycles. The van der Waals surface area contributed by atoms with Gasteiger partial charge in [-0.3, -0.25) is 0 Å². The van der Waals surface area contributed by atoms with Crippen LogP contribution in [0.1, 0.15) is 10.6 Å². The van der Waals surface area contributed by atoms with Crippen LogP contribution >= 0.6 is 27.3 Å². The number of halogens is 1. The number of hydrogen-bond donors (Lipinski definition) is 1. The number of rotatable bonds is 3. The minimum absolute atomic E-state index is 0.868. The van der Waals surface area contributed by atoms with Gasteiger partial charge in [0.1, 0.15) is 0 Å². The number of aryl methyl sites for hydroxylation is 1. The summed E-state index contributed by atoms with van der Waals surface area (Å²) in [5.41, 5.74) is 1.04. The van der Waals surface area contributed by atoms with Crippen LogP contribution in [0.3, 0.4) is 0 Å². The van der Waals surface area contributed by atoms with E-state index in [0.717, 1.165) is 18.2 Å². The molecule has 1 N–H and O–H groups in total. The van der Waals surface area contributed by atoms with Crippen LogP contribution in [-0.2, 0) is 6.54 Å². The van der Waals surface area contributed by atoms with Gasteiger partial charge in [0.15, 0.2) is 0 Å². The molecule has 3 nitrogen and oxygen atoms in total. The van der Waals surface area contributed by atoms with Crippen molar-refractivity contribution >= 4 is 33.2 Å². The van der Waals surface area contributed by atoms with Crippen LogP contribution < -0.4 is 5.32 Å². The highest BCUT2D eigenvalue weighted by Crippen LogP contribution is 2.23. The summed E-state index contributed by atoms with van der Waals surface area (Å²) in [6.07, 6.45) is 2.06. The van der Waals surface area contributed by atoms with Gasteiger partial charge in [-0.2, -0.15) is 0 Å². The topological polar surface area (TPSA) is 29.9 Å². The summed E-state index contributed by atoms with van der Waals surface area (Å²) in [6, 6.07) is 4.20. The third-order valence-electron chi connectivity index (χ3n) is 2.08. The van der Waals surface area contributed by atoms with Gasteiger partial charge in [-0.15, -0.1) is 11.3 Å².